The van der Waals surface area contributed by atoms with Gasteiger partial charge in [-0.2, -0.15) is 4.37 Å². The van der Waals surface area contributed by atoms with E-state index in [1.54, 1.807) is 7.11 Å². The van der Waals surface area contributed by atoms with Gasteiger partial charge in [-0.1, -0.05) is 26.0 Å². The maximum Gasteiger partial charge on any atom is 0.243 e. The van der Waals surface area contributed by atoms with Crippen molar-refractivity contribution in [3.05, 3.63) is 35.7 Å². The zero-order valence-electron chi connectivity index (χ0n) is 16.4. The number of anilines is 1. The Balaban J connectivity index is 1.68. The Kier molecular flexibility index (Phi) is 6.31. The fourth-order valence-corrected chi connectivity index (χ4v) is 3.92. The van der Waals surface area contributed by atoms with Crippen LogP contribution in [0.15, 0.2) is 24.3 Å². The van der Waals surface area contributed by atoms with E-state index in [0.717, 1.165) is 41.7 Å². The number of rotatable bonds is 7. The lowest BCUT2D eigenvalue weighted by molar-refractivity contribution is -0.123. The molecule has 1 saturated heterocycles. The van der Waals surface area contributed by atoms with Crippen molar-refractivity contribution in [3.8, 4) is 5.75 Å². The standard InChI is InChI=1S/C20H28N4O2S/c1-13(2)14(3)21-19(25)17-9-6-10-24(17)20-22-18(23-27-20)12-15-7-5-8-16(11-15)26-4/h5,7-8,11,13-14,17H,6,9-10,12H2,1-4H3,(H,21,25)/t14-,17-/m1/s1. The number of carbonyl (C=O) groups excluding carboxylic acids is 1. The van der Waals surface area contributed by atoms with E-state index in [4.69, 9.17) is 9.72 Å². The Morgan fingerprint density at radius 3 is 2.96 bits per heavy atom. The number of methoxy groups -OCH3 is 1. The number of nitrogens with one attached hydrogen (secondary N) is 1. The van der Waals surface area contributed by atoms with E-state index in [1.807, 2.05) is 24.3 Å². The normalized spacial score (nSPS) is 18.0. The van der Waals surface area contributed by atoms with Gasteiger partial charge < -0.3 is 15.0 Å². The monoisotopic (exact) mass is 388 g/mol. The second-order valence-electron chi connectivity index (χ2n) is 7.41. The number of amides is 1. The predicted octanol–water partition coefficient (Wildman–Crippen LogP) is 3.27. The molecule has 0 saturated carbocycles. The van der Waals surface area contributed by atoms with Crippen LogP contribution < -0.4 is 15.0 Å². The van der Waals surface area contributed by atoms with Crippen LogP contribution >= 0.6 is 11.5 Å². The third kappa shape index (κ3) is 4.77. The highest BCUT2D eigenvalue weighted by Crippen LogP contribution is 2.28. The molecule has 1 N–H and O–H groups in total. The van der Waals surface area contributed by atoms with Gasteiger partial charge in [0, 0.05) is 30.5 Å². The lowest BCUT2D eigenvalue weighted by Gasteiger charge is -2.25. The van der Waals surface area contributed by atoms with Gasteiger partial charge in [-0.15, -0.1) is 0 Å². The quantitative estimate of drug-likeness (QED) is 0.788. The van der Waals surface area contributed by atoms with Gasteiger partial charge in [0.25, 0.3) is 0 Å². The fourth-order valence-electron chi connectivity index (χ4n) is 3.15. The Hall–Kier alpha value is -2.15. The van der Waals surface area contributed by atoms with Gasteiger partial charge in [-0.05, 0) is 43.4 Å². The number of ether oxygens (including phenoxy) is 1. The van der Waals surface area contributed by atoms with E-state index < -0.39 is 0 Å². The highest BCUT2D eigenvalue weighted by atomic mass is 32.1. The molecule has 146 valence electrons. The van der Waals surface area contributed by atoms with Gasteiger partial charge in [-0.25, -0.2) is 4.98 Å². The van der Waals surface area contributed by atoms with Crippen molar-refractivity contribution in [2.75, 3.05) is 18.6 Å². The number of carbonyl (C=O) groups is 1. The summed E-state index contributed by atoms with van der Waals surface area (Å²) < 4.78 is 9.79. The van der Waals surface area contributed by atoms with E-state index in [-0.39, 0.29) is 18.0 Å². The number of benzene rings is 1. The molecule has 27 heavy (non-hydrogen) atoms. The smallest absolute Gasteiger partial charge is 0.243 e. The van der Waals surface area contributed by atoms with Gasteiger partial charge in [0.2, 0.25) is 11.0 Å². The summed E-state index contributed by atoms with van der Waals surface area (Å²) in [7, 11) is 1.66. The molecule has 0 aliphatic carbocycles. The minimum Gasteiger partial charge on any atom is -0.497 e. The lowest BCUT2D eigenvalue weighted by Crippen LogP contribution is -2.47. The zero-order chi connectivity index (χ0) is 19.4. The van der Waals surface area contributed by atoms with Crippen LogP contribution in [0.25, 0.3) is 0 Å². The van der Waals surface area contributed by atoms with Gasteiger partial charge in [-0.3, -0.25) is 4.79 Å². The molecular formula is C20H28N4O2S. The largest absolute Gasteiger partial charge is 0.497 e. The van der Waals surface area contributed by atoms with Crippen LogP contribution in [-0.4, -0.2) is 41.0 Å². The first-order chi connectivity index (χ1) is 13.0. The van der Waals surface area contributed by atoms with Crippen molar-refractivity contribution in [1.82, 2.24) is 14.7 Å². The molecule has 1 amide bonds. The second-order valence-corrected chi connectivity index (χ2v) is 8.14. The van der Waals surface area contributed by atoms with E-state index in [0.29, 0.717) is 12.3 Å². The number of aromatic nitrogens is 2. The SMILES string of the molecule is COc1cccc(Cc2nsc(N3CCC[C@@H]3C(=O)N[C@H](C)C(C)C)n2)c1. The van der Waals surface area contributed by atoms with Crippen molar-refractivity contribution in [1.29, 1.82) is 0 Å². The summed E-state index contributed by atoms with van der Waals surface area (Å²) in [6, 6.07) is 7.96. The summed E-state index contributed by atoms with van der Waals surface area (Å²) in [4.78, 5) is 19.5. The summed E-state index contributed by atoms with van der Waals surface area (Å²) >= 11 is 1.38. The van der Waals surface area contributed by atoms with Crippen LogP contribution in [0.3, 0.4) is 0 Å². The van der Waals surface area contributed by atoms with Crippen LogP contribution in [0.4, 0.5) is 5.13 Å². The first-order valence-electron chi connectivity index (χ1n) is 9.50. The number of hydrogen-bond acceptors (Lipinski definition) is 6. The van der Waals surface area contributed by atoms with E-state index in [2.05, 4.69) is 35.4 Å². The van der Waals surface area contributed by atoms with E-state index in [9.17, 15) is 4.79 Å². The molecule has 0 radical (unpaired) electrons. The van der Waals surface area contributed by atoms with Crippen molar-refractivity contribution in [3.63, 3.8) is 0 Å². The molecule has 1 aliphatic heterocycles. The first kappa shape index (κ1) is 19.6. The number of nitrogens with zero attached hydrogens (tertiary/aromatic N) is 3. The van der Waals surface area contributed by atoms with Crippen molar-refractivity contribution >= 4 is 22.6 Å². The predicted molar refractivity (Wildman–Crippen MR) is 109 cm³/mol. The maximum absolute atomic E-state index is 12.7. The summed E-state index contributed by atoms with van der Waals surface area (Å²) in [5.74, 6) is 2.13. The van der Waals surface area contributed by atoms with E-state index >= 15 is 0 Å². The van der Waals surface area contributed by atoms with Gasteiger partial charge >= 0.3 is 0 Å². The molecule has 7 heteroatoms. The average molecular weight is 389 g/mol. The zero-order valence-corrected chi connectivity index (χ0v) is 17.3. The molecule has 2 heterocycles. The maximum atomic E-state index is 12.7. The minimum absolute atomic E-state index is 0.0956. The summed E-state index contributed by atoms with van der Waals surface area (Å²) in [6.07, 6.45) is 2.52. The molecule has 0 bridgehead atoms. The van der Waals surface area contributed by atoms with Gasteiger partial charge in [0.15, 0.2) is 0 Å². The highest BCUT2D eigenvalue weighted by Gasteiger charge is 2.33. The van der Waals surface area contributed by atoms with Crippen LogP contribution in [0.1, 0.15) is 45.0 Å². The summed E-state index contributed by atoms with van der Waals surface area (Å²) in [5, 5.41) is 3.98. The molecular weight excluding hydrogens is 360 g/mol. The molecule has 1 aromatic heterocycles. The molecule has 0 unspecified atom stereocenters. The summed E-state index contributed by atoms with van der Waals surface area (Å²) in [6.45, 7) is 7.14. The Morgan fingerprint density at radius 1 is 1.41 bits per heavy atom. The van der Waals surface area contributed by atoms with Crippen molar-refractivity contribution < 1.29 is 9.53 Å². The molecule has 1 aliphatic rings. The molecule has 2 atom stereocenters. The third-order valence-electron chi connectivity index (χ3n) is 5.12. The topological polar surface area (TPSA) is 67.3 Å². The second kappa shape index (κ2) is 8.69. The molecule has 1 aromatic carbocycles. The van der Waals surface area contributed by atoms with Crippen LogP contribution in [0.5, 0.6) is 5.75 Å². The van der Waals surface area contributed by atoms with Crippen molar-refractivity contribution in [2.24, 2.45) is 5.92 Å². The lowest BCUT2D eigenvalue weighted by atomic mass is 10.1. The number of hydrogen-bond donors (Lipinski definition) is 1. The molecule has 2 aromatic rings. The third-order valence-corrected chi connectivity index (χ3v) is 5.92. The van der Waals surface area contributed by atoms with Crippen LogP contribution in [-0.2, 0) is 11.2 Å². The Morgan fingerprint density at radius 2 is 2.22 bits per heavy atom. The summed E-state index contributed by atoms with van der Waals surface area (Å²) in [5.41, 5.74) is 1.11. The van der Waals surface area contributed by atoms with Crippen LogP contribution in [0.2, 0.25) is 0 Å². The molecule has 3 rings (SSSR count). The van der Waals surface area contributed by atoms with Gasteiger partial charge in [0.1, 0.15) is 17.6 Å². The van der Waals surface area contributed by atoms with Crippen molar-refractivity contribution in [2.45, 2.75) is 52.1 Å². The van der Waals surface area contributed by atoms with Gasteiger partial charge in [0.05, 0.1) is 7.11 Å². The minimum atomic E-state index is -0.149. The molecule has 0 spiro atoms. The van der Waals surface area contributed by atoms with E-state index in [1.165, 1.54) is 11.5 Å². The average Bonchev–Trinajstić information content (AvgIpc) is 3.30. The fraction of sp³-hybridized carbons (Fsp3) is 0.550. The first-order valence-corrected chi connectivity index (χ1v) is 10.3. The highest BCUT2D eigenvalue weighted by molar-refractivity contribution is 7.09. The van der Waals surface area contributed by atoms with Crippen LogP contribution in [0, 0.1) is 5.92 Å². The Labute approximate surface area is 165 Å². The molecule has 1 fully saturated rings. The molecule has 6 nitrogen and oxygen atoms in total. The Bertz CT molecular complexity index is 777.